The normalized spacial score (nSPS) is 11.7. The predicted molar refractivity (Wildman–Crippen MR) is 110 cm³/mol. The van der Waals surface area contributed by atoms with Crippen molar-refractivity contribution in [3.63, 3.8) is 0 Å². The molecule has 1 unspecified atom stereocenters. The van der Waals surface area contributed by atoms with E-state index >= 15 is 0 Å². The molecule has 0 aliphatic rings. The number of aliphatic carboxylic acids is 1. The van der Waals surface area contributed by atoms with Gasteiger partial charge in [-0.2, -0.15) is 0 Å². The van der Waals surface area contributed by atoms with Gasteiger partial charge in [-0.05, 0) is 44.9 Å². The Bertz CT molecular complexity index is 725. The third kappa shape index (κ3) is 8.43. The smallest absolute Gasteiger partial charge is 0.337 e. The lowest BCUT2D eigenvalue weighted by Gasteiger charge is -2.13. The number of rotatable bonds is 8. The van der Waals surface area contributed by atoms with E-state index in [-0.39, 0.29) is 0 Å². The van der Waals surface area contributed by atoms with Gasteiger partial charge in [0.1, 0.15) is 6.29 Å². The zero-order valence-electron chi connectivity index (χ0n) is 17.3. The van der Waals surface area contributed by atoms with Crippen LogP contribution in [0.25, 0.3) is 0 Å². The summed E-state index contributed by atoms with van der Waals surface area (Å²) >= 11 is 0. The maximum absolute atomic E-state index is 10.9. The summed E-state index contributed by atoms with van der Waals surface area (Å²) in [5.41, 5.74) is 3.77. The first-order chi connectivity index (χ1) is 13.3. The van der Waals surface area contributed by atoms with Gasteiger partial charge >= 0.3 is 5.97 Å². The first-order valence-corrected chi connectivity index (χ1v) is 8.94. The van der Waals surface area contributed by atoms with E-state index in [1.807, 2.05) is 64.6 Å². The molecule has 0 aliphatic carbocycles. The molecule has 0 heterocycles. The van der Waals surface area contributed by atoms with Crippen molar-refractivity contribution < 1.29 is 19.4 Å². The summed E-state index contributed by atoms with van der Waals surface area (Å²) in [6.45, 7) is 1.75. The predicted octanol–water partition coefficient (Wildman–Crippen LogP) is 3.08. The number of benzene rings is 2. The van der Waals surface area contributed by atoms with E-state index in [0.29, 0.717) is 5.56 Å². The number of carbonyl (C=O) groups excluding carboxylic acids is 1. The zero-order chi connectivity index (χ0) is 21.1. The fourth-order valence-corrected chi connectivity index (χ4v) is 2.61. The van der Waals surface area contributed by atoms with Crippen LogP contribution in [0.3, 0.4) is 0 Å². The molecule has 0 radical (unpaired) electrons. The van der Waals surface area contributed by atoms with Crippen LogP contribution in [0.5, 0.6) is 0 Å². The number of hydrogen-bond donors (Lipinski definition) is 1. The van der Waals surface area contributed by atoms with Crippen LogP contribution in [-0.2, 0) is 22.6 Å². The number of aldehydes is 1. The molecule has 0 aliphatic heterocycles. The third-order valence-electron chi connectivity index (χ3n) is 3.86. The molecule has 152 valence electrons. The standard InChI is InChI=1S/C12H17NO3.C10H13NO/c1-13(2)8-9-4-6-10(7-5-9)11(16-3)12(14)15;1-11(2)7-9-3-5-10(8-12)6-4-9/h4-7,11H,8H2,1-3H3,(H,14,15);3-6,8H,7H2,1-2H3. The van der Waals surface area contributed by atoms with E-state index < -0.39 is 12.1 Å². The Hall–Kier alpha value is -2.54. The van der Waals surface area contributed by atoms with Crippen LogP contribution in [0.4, 0.5) is 0 Å². The molecule has 0 saturated heterocycles. The van der Waals surface area contributed by atoms with Crippen LogP contribution in [0.2, 0.25) is 0 Å². The molecule has 0 bridgehead atoms. The Morgan fingerprint density at radius 2 is 1.36 bits per heavy atom. The van der Waals surface area contributed by atoms with Crippen LogP contribution in [0.1, 0.15) is 33.2 Å². The second-order valence-corrected chi connectivity index (χ2v) is 7.03. The highest BCUT2D eigenvalue weighted by Gasteiger charge is 2.18. The summed E-state index contributed by atoms with van der Waals surface area (Å²) < 4.78 is 4.91. The van der Waals surface area contributed by atoms with Crippen LogP contribution in [0.15, 0.2) is 48.5 Å². The lowest BCUT2D eigenvalue weighted by atomic mass is 10.1. The van der Waals surface area contributed by atoms with Crippen molar-refractivity contribution in [2.24, 2.45) is 0 Å². The molecular weight excluding hydrogens is 356 g/mol. The van der Waals surface area contributed by atoms with Gasteiger partial charge in [-0.15, -0.1) is 0 Å². The number of carbonyl (C=O) groups is 2. The quantitative estimate of drug-likeness (QED) is 0.703. The van der Waals surface area contributed by atoms with E-state index in [9.17, 15) is 9.59 Å². The molecule has 2 aromatic rings. The van der Waals surface area contributed by atoms with Crippen LogP contribution in [-0.4, -0.2) is 62.5 Å². The fraction of sp³-hybridized carbons (Fsp3) is 0.364. The summed E-state index contributed by atoms with van der Waals surface area (Å²) in [5, 5.41) is 8.91. The summed E-state index contributed by atoms with van der Waals surface area (Å²) in [5.74, 6) is -0.970. The maximum atomic E-state index is 10.9. The van der Waals surface area contributed by atoms with Crippen molar-refractivity contribution in [3.05, 3.63) is 70.8 Å². The number of carboxylic acids is 1. The summed E-state index contributed by atoms with van der Waals surface area (Å²) in [4.78, 5) is 25.3. The number of nitrogens with zero attached hydrogens (tertiary/aromatic N) is 2. The van der Waals surface area contributed by atoms with Gasteiger partial charge in [0.2, 0.25) is 0 Å². The highest BCUT2D eigenvalue weighted by molar-refractivity contribution is 5.74. The minimum absolute atomic E-state index is 0.664. The van der Waals surface area contributed by atoms with Crippen molar-refractivity contribution >= 4 is 12.3 Å². The van der Waals surface area contributed by atoms with E-state index in [1.54, 1.807) is 12.1 Å². The fourth-order valence-electron chi connectivity index (χ4n) is 2.61. The molecule has 0 aromatic heterocycles. The Labute approximate surface area is 167 Å². The topological polar surface area (TPSA) is 70.1 Å². The molecular formula is C22H30N2O4. The zero-order valence-corrected chi connectivity index (χ0v) is 17.3. The van der Waals surface area contributed by atoms with E-state index in [2.05, 4.69) is 9.80 Å². The van der Waals surface area contributed by atoms with Crippen LogP contribution in [0, 0.1) is 0 Å². The van der Waals surface area contributed by atoms with Gasteiger partial charge in [0.25, 0.3) is 0 Å². The average Bonchev–Trinajstić information content (AvgIpc) is 2.64. The van der Waals surface area contributed by atoms with E-state index in [0.717, 1.165) is 30.5 Å². The minimum atomic E-state index is -0.970. The number of ether oxygens (including phenoxy) is 1. The highest BCUT2D eigenvalue weighted by Crippen LogP contribution is 2.17. The molecule has 0 spiro atoms. The van der Waals surface area contributed by atoms with Crippen molar-refractivity contribution in [1.29, 1.82) is 0 Å². The summed E-state index contributed by atoms with van der Waals surface area (Å²) in [7, 11) is 9.42. The average molecular weight is 386 g/mol. The monoisotopic (exact) mass is 386 g/mol. The van der Waals surface area contributed by atoms with E-state index in [1.165, 1.54) is 12.7 Å². The molecule has 0 saturated carbocycles. The largest absolute Gasteiger partial charge is 0.479 e. The maximum Gasteiger partial charge on any atom is 0.337 e. The van der Waals surface area contributed by atoms with Crippen molar-refractivity contribution in [2.75, 3.05) is 35.3 Å². The van der Waals surface area contributed by atoms with E-state index in [4.69, 9.17) is 9.84 Å². The second-order valence-electron chi connectivity index (χ2n) is 7.03. The molecule has 0 fully saturated rings. The molecule has 6 nitrogen and oxygen atoms in total. The molecule has 2 rings (SSSR count). The minimum Gasteiger partial charge on any atom is -0.479 e. The van der Waals surface area contributed by atoms with Gasteiger partial charge < -0.3 is 19.6 Å². The SMILES string of the molecule is CN(C)Cc1ccc(C=O)cc1.COC(C(=O)O)c1ccc(CN(C)C)cc1. The molecule has 6 heteroatoms. The lowest BCUT2D eigenvalue weighted by Crippen LogP contribution is -2.14. The van der Waals surface area contributed by atoms with Crippen molar-refractivity contribution in [3.8, 4) is 0 Å². The van der Waals surface area contributed by atoms with Gasteiger partial charge in [-0.3, -0.25) is 4.79 Å². The molecule has 0 amide bonds. The first kappa shape index (κ1) is 23.5. The third-order valence-corrected chi connectivity index (χ3v) is 3.86. The van der Waals surface area contributed by atoms with Gasteiger partial charge in [0.05, 0.1) is 0 Å². The van der Waals surface area contributed by atoms with Crippen molar-refractivity contribution in [1.82, 2.24) is 9.80 Å². The Morgan fingerprint density at radius 3 is 1.68 bits per heavy atom. The Balaban J connectivity index is 0.000000292. The lowest BCUT2D eigenvalue weighted by molar-refractivity contribution is -0.148. The summed E-state index contributed by atoms with van der Waals surface area (Å²) in [6.07, 6.45) is -0.0205. The molecule has 28 heavy (non-hydrogen) atoms. The van der Waals surface area contributed by atoms with Crippen molar-refractivity contribution in [2.45, 2.75) is 19.2 Å². The van der Waals surface area contributed by atoms with Crippen LogP contribution < -0.4 is 0 Å². The first-order valence-electron chi connectivity index (χ1n) is 8.94. The number of carboxylic acid groups (broad SMARTS) is 1. The number of methoxy groups -OCH3 is 1. The Morgan fingerprint density at radius 1 is 0.929 bits per heavy atom. The molecule has 1 N–H and O–H groups in total. The Kier molecular flexibility index (Phi) is 10.1. The highest BCUT2D eigenvalue weighted by atomic mass is 16.5. The second kappa shape index (κ2) is 12.0. The van der Waals surface area contributed by atoms with Gasteiger partial charge in [-0.25, -0.2) is 4.79 Å². The van der Waals surface area contributed by atoms with Crippen LogP contribution >= 0.6 is 0 Å². The summed E-state index contributed by atoms with van der Waals surface area (Å²) in [6, 6.07) is 15.1. The van der Waals surface area contributed by atoms with Gasteiger partial charge in [-0.1, -0.05) is 48.5 Å². The number of hydrogen-bond acceptors (Lipinski definition) is 5. The molecule has 2 aromatic carbocycles. The van der Waals surface area contributed by atoms with Gasteiger partial charge in [0, 0.05) is 25.8 Å². The van der Waals surface area contributed by atoms with Gasteiger partial charge in [0.15, 0.2) is 6.10 Å². The molecule has 1 atom stereocenters.